The van der Waals surface area contributed by atoms with Crippen LogP contribution in [-0.2, 0) is 41.3 Å². The molecule has 11 nitrogen and oxygen atoms in total. The molecule has 0 N–H and O–H groups in total. The summed E-state index contributed by atoms with van der Waals surface area (Å²) in [6.07, 6.45) is -0.0361. The third-order valence-corrected chi connectivity index (χ3v) is 11.4. The van der Waals surface area contributed by atoms with Gasteiger partial charge in [0.15, 0.2) is 0 Å². The van der Waals surface area contributed by atoms with Crippen LogP contribution in [-0.4, -0.2) is 80.8 Å². The molecule has 3 amide bonds. The van der Waals surface area contributed by atoms with E-state index in [2.05, 4.69) is 28.6 Å². The third-order valence-electron chi connectivity index (χ3n) is 11.4. The van der Waals surface area contributed by atoms with E-state index in [0.29, 0.717) is 49.0 Å². The minimum Gasteiger partial charge on any atom is -0.443 e. The van der Waals surface area contributed by atoms with E-state index < -0.39 is 34.8 Å². The molecule has 3 aromatic rings. The van der Waals surface area contributed by atoms with Gasteiger partial charge < -0.3 is 19.1 Å². The van der Waals surface area contributed by atoms with Crippen LogP contribution in [0, 0.1) is 11.3 Å². The second kappa shape index (κ2) is 13.2. The van der Waals surface area contributed by atoms with Crippen LogP contribution >= 0.6 is 0 Å². The van der Waals surface area contributed by atoms with E-state index in [4.69, 9.17) is 4.74 Å². The van der Waals surface area contributed by atoms with E-state index in [1.807, 2.05) is 30.7 Å². The molecule has 0 bridgehead atoms. The van der Waals surface area contributed by atoms with Crippen LogP contribution < -0.4 is 9.80 Å². The minimum absolute atomic E-state index is 0.0202. The highest BCUT2D eigenvalue weighted by Crippen LogP contribution is 2.53. The third kappa shape index (κ3) is 6.66. The lowest BCUT2D eigenvalue weighted by Crippen LogP contribution is -2.59. The number of hydrogen-bond donors (Lipinski definition) is 0. The predicted molar refractivity (Wildman–Crippen MR) is 197 cm³/mol. The van der Waals surface area contributed by atoms with Gasteiger partial charge >= 0.3 is 12.3 Å². The van der Waals surface area contributed by atoms with Crippen LogP contribution in [0.15, 0.2) is 49.3 Å². The molecular formula is C40H48F3N7O4. The SMILES string of the molecule is C=CC(=O)N1CC2(CCN(Cc3cc4c(c(C(F)(F)F)c3)CN(c3cc(N(CC)C(=O)OC(C)(C)C)cc(C5(c6nncn6C)CC(C)C5)c3)C4=O)C2)C1. The number of ether oxygens (including phenoxy) is 1. The first-order valence-corrected chi connectivity index (χ1v) is 18.5. The van der Waals surface area contributed by atoms with Gasteiger partial charge in [0.05, 0.1) is 17.5 Å². The largest absolute Gasteiger partial charge is 0.443 e. The molecule has 1 saturated carbocycles. The average molecular weight is 748 g/mol. The Morgan fingerprint density at radius 1 is 1.09 bits per heavy atom. The zero-order chi connectivity index (χ0) is 39.0. The van der Waals surface area contributed by atoms with Crippen LogP contribution in [0.2, 0.25) is 0 Å². The second-order valence-electron chi connectivity index (χ2n) is 16.7. The Bertz CT molecular complexity index is 2010. The van der Waals surface area contributed by atoms with Crippen molar-refractivity contribution in [2.24, 2.45) is 18.4 Å². The second-order valence-corrected chi connectivity index (χ2v) is 16.7. The molecule has 3 fully saturated rings. The summed E-state index contributed by atoms with van der Waals surface area (Å²) in [5, 5.41) is 8.62. The normalized spacial score (nSPS) is 22.2. The summed E-state index contributed by atoms with van der Waals surface area (Å²) in [4.78, 5) is 46.7. The zero-order valence-corrected chi connectivity index (χ0v) is 31.8. The molecule has 0 unspecified atom stereocenters. The Hall–Kier alpha value is -4.72. The molecule has 4 heterocycles. The summed E-state index contributed by atoms with van der Waals surface area (Å²) < 4.78 is 52.1. The summed E-state index contributed by atoms with van der Waals surface area (Å²) in [5.74, 6) is 0.433. The van der Waals surface area contributed by atoms with Crippen molar-refractivity contribution >= 4 is 29.3 Å². The number of alkyl halides is 3. The van der Waals surface area contributed by atoms with Gasteiger partial charge in [-0.2, -0.15) is 13.2 Å². The molecule has 2 aromatic carbocycles. The number of carbonyl (C=O) groups is 3. The van der Waals surface area contributed by atoms with E-state index in [0.717, 1.165) is 30.7 Å². The highest BCUT2D eigenvalue weighted by Gasteiger charge is 2.50. The van der Waals surface area contributed by atoms with Crippen molar-refractivity contribution in [2.45, 2.75) is 84.2 Å². The number of benzene rings is 2. The fourth-order valence-corrected chi connectivity index (χ4v) is 9.06. The first kappa shape index (κ1) is 37.6. The molecular weight excluding hydrogens is 699 g/mol. The topological polar surface area (TPSA) is 104 Å². The molecule has 0 atom stereocenters. The molecule has 2 saturated heterocycles. The molecule has 288 valence electrons. The molecule has 1 spiro atoms. The number of rotatable bonds is 8. The quantitative estimate of drug-likeness (QED) is 0.237. The average Bonchev–Trinajstić information content (AvgIpc) is 3.78. The number of amides is 3. The fraction of sp³-hybridized carbons (Fsp3) is 0.525. The number of carbonyl (C=O) groups excluding carboxylic acids is 3. The van der Waals surface area contributed by atoms with Gasteiger partial charge in [0, 0.05) is 62.1 Å². The van der Waals surface area contributed by atoms with Gasteiger partial charge in [0.25, 0.3) is 5.91 Å². The van der Waals surface area contributed by atoms with Crippen molar-refractivity contribution in [3.63, 3.8) is 0 Å². The zero-order valence-electron chi connectivity index (χ0n) is 31.8. The van der Waals surface area contributed by atoms with Gasteiger partial charge in [-0.1, -0.05) is 13.5 Å². The number of halogens is 3. The van der Waals surface area contributed by atoms with Gasteiger partial charge in [0.1, 0.15) is 17.8 Å². The van der Waals surface area contributed by atoms with Crippen LogP contribution in [0.4, 0.5) is 29.3 Å². The molecule has 7 rings (SSSR count). The Labute approximate surface area is 313 Å². The number of aryl methyl sites for hydroxylation is 1. The number of nitrogens with zero attached hydrogens (tertiary/aromatic N) is 7. The van der Waals surface area contributed by atoms with Gasteiger partial charge in [-0.3, -0.25) is 19.4 Å². The van der Waals surface area contributed by atoms with Crippen molar-refractivity contribution in [3.05, 3.63) is 83.0 Å². The molecule has 4 aliphatic rings. The maximum Gasteiger partial charge on any atom is 0.416 e. The lowest BCUT2D eigenvalue weighted by Gasteiger charge is -2.47. The van der Waals surface area contributed by atoms with Crippen LogP contribution in [0.25, 0.3) is 0 Å². The number of aromatic nitrogens is 3. The summed E-state index contributed by atoms with van der Waals surface area (Å²) >= 11 is 0. The lowest BCUT2D eigenvalue weighted by atomic mass is 9.58. The summed E-state index contributed by atoms with van der Waals surface area (Å²) in [5.41, 5.74) is -0.271. The smallest absolute Gasteiger partial charge is 0.416 e. The standard InChI is InChI=1S/C40H48F3N7O4/c1-8-33(51)48-22-38(23-48)10-11-47(21-38)19-26-12-30-31(32(13-26)40(41,42)43)20-50(34(30)52)29-15-27(39(17-25(3)18-39)35-45-44-24-46(35)7)14-28(16-29)49(9-2)36(53)54-37(4,5)6/h8,12-16,24-25H,1,9-11,17-23H2,2-7H3. The van der Waals surface area contributed by atoms with Crippen molar-refractivity contribution < 1.29 is 32.3 Å². The van der Waals surface area contributed by atoms with E-state index in [1.165, 1.54) is 21.9 Å². The van der Waals surface area contributed by atoms with E-state index in [9.17, 15) is 27.6 Å². The maximum absolute atomic E-state index is 14.8. The minimum atomic E-state index is -4.69. The van der Waals surface area contributed by atoms with Crippen molar-refractivity contribution in [3.8, 4) is 0 Å². The number of anilines is 2. The summed E-state index contributed by atoms with van der Waals surface area (Å²) in [6.45, 7) is 15.6. The van der Waals surface area contributed by atoms with Crippen LogP contribution in [0.3, 0.4) is 0 Å². The Kier molecular flexibility index (Phi) is 9.22. The molecule has 1 aliphatic carbocycles. The van der Waals surface area contributed by atoms with Gasteiger partial charge in [0.2, 0.25) is 5.91 Å². The van der Waals surface area contributed by atoms with Crippen molar-refractivity contribution in [1.82, 2.24) is 24.6 Å². The molecule has 14 heteroatoms. The van der Waals surface area contributed by atoms with Gasteiger partial charge in [-0.25, -0.2) is 4.79 Å². The summed E-state index contributed by atoms with van der Waals surface area (Å²) in [7, 11) is 1.87. The summed E-state index contributed by atoms with van der Waals surface area (Å²) in [6, 6.07) is 8.22. The van der Waals surface area contributed by atoms with Crippen molar-refractivity contribution in [2.75, 3.05) is 42.5 Å². The maximum atomic E-state index is 14.8. The number of fused-ring (bicyclic) bond motifs is 1. The van der Waals surface area contributed by atoms with Crippen molar-refractivity contribution in [1.29, 1.82) is 0 Å². The number of hydrogen-bond acceptors (Lipinski definition) is 7. The molecule has 0 radical (unpaired) electrons. The molecule has 3 aliphatic heterocycles. The van der Waals surface area contributed by atoms with Crippen LogP contribution in [0.5, 0.6) is 0 Å². The first-order chi connectivity index (χ1) is 25.3. The Balaban J connectivity index is 1.25. The monoisotopic (exact) mass is 747 g/mol. The first-order valence-electron chi connectivity index (χ1n) is 18.5. The van der Waals surface area contributed by atoms with Gasteiger partial charge in [-0.05, 0) is 113 Å². The van der Waals surface area contributed by atoms with E-state index in [1.54, 1.807) is 44.1 Å². The number of likely N-dealkylation sites (tertiary alicyclic amines) is 2. The van der Waals surface area contributed by atoms with Crippen LogP contribution in [0.1, 0.15) is 92.3 Å². The molecule has 1 aromatic heterocycles. The van der Waals surface area contributed by atoms with E-state index >= 15 is 0 Å². The molecule has 54 heavy (non-hydrogen) atoms. The Morgan fingerprint density at radius 2 is 1.81 bits per heavy atom. The Morgan fingerprint density at radius 3 is 2.41 bits per heavy atom. The highest BCUT2D eigenvalue weighted by atomic mass is 19.4. The van der Waals surface area contributed by atoms with E-state index in [-0.39, 0.29) is 42.1 Å². The predicted octanol–water partition coefficient (Wildman–Crippen LogP) is 6.69. The van der Waals surface area contributed by atoms with Gasteiger partial charge in [-0.15, -0.1) is 10.2 Å². The lowest BCUT2D eigenvalue weighted by molar-refractivity contribution is -0.138. The highest BCUT2D eigenvalue weighted by molar-refractivity contribution is 6.11. The fourth-order valence-electron chi connectivity index (χ4n) is 9.06.